The number of rotatable bonds is 4. The molecular weight excluding hydrogens is 258 g/mol. The molecule has 1 aliphatic heterocycles. The van der Waals surface area contributed by atoms with Crippen LogP contribution in [0.1, 0.15) is 23.5 Å². The number of hydrogen-bond donors (Lipinski definition) is 1. The quantitative estimate of drug-likeness (QED) is 0.931. The molecule has 0 radical (unpaired) electrons. The van der Waals surface area contributed by atoms with E-state index in [1.807, 2.05) is 6.07 Å². The molecule has 3 rings (SSSR count). The summed E-state index contributed by atoms with van der Waals surface area (Å²) >= 11 is 0. The maximum Gasteiger partial charge on any atom is 0.0735 e. The smallest absolute Gasteiger partial charge is 0.0735 e. The molecule has 0 unspecified atom stereocenters. The summed E-state index contributed by atoms with van der Waals surface area (Å²) in [5, 5.41) is 10.4. The Morgan fingerprint density at radius 3 is 2.29 bits per heavy atom. The van der Waals surface area contributed by atoms with Gasteiger partial charge < -0.3 is 10.0 Å². The molecule has 0 saturated carbocycles. The van der Waals surface area contributed by atoms with Gasteiger partial charge in [0.05, 0.1) is 6.10 Å². The first-order valence-electron chi connectivity index (χ1n) is 7.82. The van der Waals surface area contributed by atoms with E-state index in [-0.39, 0.29) is 6.10 Å². The second kappa shape index (κ2) is 6.88. The fourth-order valence-corrected chi connectivity index (χ4v) is 3.22. The van der Waals surface area contributed by atoms with Crippen LogP contribution in [0.25, 0.3) is 0 Å². The summed E-state index contributed by atoms with van der Waals surface area (Å²) in [6.07, 6.45) is 1.85. The summed E-state index contributed by atoms with van der Waals surface area (Å²) in [5.41, 5.74) is 2.64. The van der Waals surface area contributed by atoms with Gasteiger partial charge in [-0.2, -0.15) is 0 Å². The van der Waals surface area contributed by atoms with Crippen molar-refractivity contribution < 1.29 is 5.11 Å². The summed E-state index contributed by atoms with van der Waals surface area (Å²) in [5.74, 6) is 0.291. The minimum absolute atomic E-state index is 0.253. The monoisotopic (exact) mass is 281 g/mol. The Kier molecular flexibility index (Phi) is 4.69. The molecule has 1 aliphatic rings. The van der Waals surface area contributed by atoms with Gasteiger partial charge in [-0.15, -0.1) is 0 Å². The number of β-amino-alcohol motifs (C(OH)–C–C–N with tert-alkyl or cyclic N) is 1. The van der Waals surface area contributed by atoms with E-state index in [1.54, 1.807) is 0 Å². The molecule has 2 aromatic rings. The highest BCUT2D eigenvalue weighted by Crippen LogP contribution is 2.28. The molecule has 0 aromatic heterocycles. The van der Waals surface area contributed by atoms with Crippen molar-refractivity contribution in [2.45, 2.75) is 24.9 Å². The number of piperidine rings is 1. The van der Waals surface area contributed by atoms with E-state index >= 15 is 0 Å². The van der Waals surface area contributed by atoms with Crippen LogP contribution in [0.4, 0.5) is 0 Å². The Morgan fingerprint density at radius 1 is 0.952 bits per heavy atom. The van der Waals surface area contributed by atoms with Gasteiger partial charge in [0, 0.05) is 19.0 Å². The van der Waals surface area contributed by atoms with Crippen LogP contribution in [0.3, 0.4) is 0 Å². The van der Waals surface area contributed by atoms with Crippen LogP contribution >= 0.6 is 0 Å². The molecule has 0 spiro atoms. The van der Waals surface area contributed by atoms with E-state index in [0.717, 1.165) is 32.5 Å². The standard InChI is InChI=1S/C19H23NO/c21-19-15-20(13-11-16-7-3-1-4-8-16)14-12-18(19)17-9-5-2-6-10-17/h1-10,18-19,21H,11-15H2/t18-,19+/m0/s1. The molecule has 1 fully saturated rings. The second-order valence-electron chi connectivity index (χ2n) is 5.91. The molecule has 0 bridgehead atoms. The number of aliphatic hydroxyl groups excluding tert-OH is 1. The molecule has 1 heterocycles. The first kappa shape index (κ1) is 14.3. The predicted molar refractivity (Wildman–Crippen MR) is 86.4 cm³/mol. The van der Waals surface area contributed by atoms with Gasteiger partial charge in [-0.3, -0.25) is 0 Å². The summed E-state index contributed by atoms with van der Waals surface area (Å²) < 4.78 is 0. The van der Waals surface area contributed by atoms with Crippen molar-refractivity contribution in [3.63, 3.8) is 0 Å². The molecule has 2 heteroatoms. The lowest BCUT2D eigenvalue weighted by molar-refractivity contribution is 0.0519. The van der Waals surface area contributed by atoms with E-state index < -0.39 is 0 Å². The van der Waals surface area contributed by atoms with E-state index in [2.05, 4.69) is 59.5 Å². The third-order valence-electron chi connectivity index (χ3n) is 4.45. The SMILES string of the molecule is O[C@@H]1CN(CCc2ccccc2)CC[C@H]1c1ccccc1. The van der Waals surface area contributed by atoms with E-state index in [4.69, 9.17) is 0 Å². The molecule has 1 saturated heterocycles. The molecule has 0 aliphatic carbocycles. The minimum Gasteiger partial charge on any atom is -0.391 e. The van der Waals surface area contributed by atoms with Crippen molar-refractivity contribution in [2.75, 3.05) is 19.6 Å². The van der Waals surface area contributed by atoms with Crippen molar-refractivity contribution >= 4 is 0 Å². The molecule has 2 aromatic carbocycles. The Bertz CT molecular complexity index is 540. The Morgan fingerprint density at radius 2 is 1.62 bits per heavy atom. The maximum absolute atomic E-state index is 10.4. The minimum atomic E-state index is -0.253. The largest absolute Gasteiger partial charge is 0.391 e. The molecule has 0 amide bonds. The number of aliphatic hydroxyl groups is 1. The third-order valence-corrected chi connectivity index (χ3v) is 4.45. The zero-order valence-corrected chi connectivity index (χ0v) is 12.4. The van der Waals surface area contributed by atoms with Crippen LogP contribution in [0.15, 0.2) is 60.7 Å². The van der Waals surface area contributed by atoms with Gasteiger partial charge >= 0.3 is 0 Å². The summed E-state index contributed by atoms with van der Waals surface area (Å²) in [7, 11) is 0. The molecule has 2 atom stereocenters. The average molecular weight is 281 g/mol. The van der Waals surface area contributed by atoms with Gasteiger partial charge in [0.25, 0.3) is 0 Å². The topological polar surface area (TPSA) is 23.5 Å². The molecule has 21 heavy (non-hydrogen) atoms. The number of likely N-dealkylation sites (tertiary alicyclic amines) is 1. The van der Waals surface area contributed by atoms with Crippen LogP contribution in [-0.2, 0) is 6.42 Å². The first-order chi connectivity index (χ1) is 10.3. The van der Waals surface area contributed by atoms with Crippen molar-refractivity contribution in [1.29, 1.82) is 0 Å². The number of hydrogen-bond acceptors (Lipinski definition) is 2. The zero-order valence-electron chi connectivity index (χ0n) is 12.4. The predicted octanol–water partition coefficient (Wildman–Crippen LogP) is 3.08. The average Bonchev–Trinajstić information content (AvgIpc) is 2.55. The van der Waals surface area contributed by atoms with Crippen LogP contribution in [0, 0.1) is 0 Å². The summed E-state index contributed by atoms with van der Waals surface area (Å²) in [6.45, 7) is 2.89. The van der Waals surface area contributed by atoms with Crippen LogP contribution in [0.2, 0.25) is 0 Å². The Labute approximate surface area is 127 Å². The molecule has 1 N–H and O–H groups in total. The summed E-state index contributed by atoms with van der Waals surface area (Å²) in [6, 6.07) is 21.0. The van der Waals surface area contributed by atoms with Crippen molar-refractivity contribution in [3.05, 3.63) is 71.8 Å². The van der Waals surface area contributed by atoms with Gasteiger partial charge in [-0.1, -0.05) is 60.7 Å². The van der Waals surface area contributed by atoms with Crippen LogP contribution in [0.5, 0.6) is 0 Å². The first-order valence-corrected chi connectivity index (χ1v) is 7.82. The molecular formula is C19H23NO. The van der Waals surface area contributed by atoms with Crippen molar-refractivity contribution in [2.24, 2.45) is 0 Å². The van der Waals surface area contributed by atoms with Crippen LogP contribution < -0.4 is 0 Å². The third kappa shape index (κ3) is 3.72. The molecule has 2 nitrogen and oxygen atoms in total. The fourth-order valence-electron chi connectivity index (χ4n) is 3.22. The summed E-state index contributed by atoms with van der Waals surface area (Å²) in [4.78, 5) is 2.39. The lowest BCUT2D eigenvalue weighted by Crippen LogP contribution is -2.43. The van der Waals surface area contributed by atoms with Crippen LogP contribution in [-0.4, -0.2) is 35.7 Å². The highest BCUT2D eigenvalue weighted by molar-refractivity contribution is 5.21. The van der Waals surface area contributed by atoms with E-state index in [9.17, 15) is 5.11 Å². The van der Waals surface area contributed by atoms with Gasteiger partial charge in [0.1, 0.15) is 0 Å². The fraction of sp³-hybridized carbons (Fsp3) is 0.368. The zero-order chi connectivity index (χ0) is 14.5. The highest BCUT2D eigenvalue weighted by Gasteiger charge is 2.28. The molecule has 110 valence electrons. The normalized spacial score (nSPS) is 23.1. The van der Waals surface area contributed by atoms with Gasteiger partial charge in [-0.05, 0) is 30.5 Å². The van der Waals surface area contributed by atoms with E-state index in [1.165, 1.54) is 11.1 Å². The van der Waals surface area contributed by atoms with Gasteiger partial charge in [0.2, 0.25) is 0 Å². The number of nitrogens with zero attached hydrogens (tertiary/aromatic N) is 1. The lowest BCUT2D eigenvalue weighted by Gasteiger charge is -2.36. The maximum atomic E-state index is 10.4. The van der Waals surface area contributed by atoms with Crippen molar-refractivity contribution in [1.82, 2.24) is 4.90 Å². The van der Waals surface area contributed by atoms with Crippen molar-refractivity contribution in [3.8, 4) is 0 Å². The lowest BCUT2D eigenvalue weighted by atomic mass is 9.87. The highest BCUT2D eigenvalue weighted by atomic mass is 16.3. The van der Waals surface area contributed by atoms with Gasteiger partial charge in [0.15, 0.2) is 0 Å². The van der Waals surface area contributed by atoms with E-state index in [0.29, 0.717) is 5.92 Å². The van der Waals surface area contributed by atoms with Gasteiger partial charge in [-0.25, -0.2) is 0 Å². The second-order valence-corrected chi connectivity index (χ2v) is 5.91. The Hall–Kier alpha value is -1.64. The Balaban J connectivity index is 1.54. The number of benzene rings is 2.